The molecule has 0 amide bonds. The van der Waals surface area contributed by atoms with Crippen molar-refractivity contribution in [1.29, 1.82) is 0 Å². The van der Waals surface area contributed by atoms with Gasteiger partial charge in [0, 0.05) is 18.6 Å². The number of nitro groups is 1. The largest absolute Gasteiger partial charge is 0.481 e. The Hall–Kier alpha value is -2.89. The number of carbonyl (C=O) groups is 1. The van der Waals surface area contributed by atoms with Gasteiger partial charge in [0.15, 0.2) is 6.61 Å². The Morgan fingerprint density at radius 2 is 2.00 bits per heavy atom. The van der Waals surface area contributed by atoms with E-state index in [-0.39, 0.29) is 18.9 Å². The summed E-state index contributed by atoms with van der Waals surface area (Å²) in [5, 5.41) is 12.7. The van der Waals surface area contributed by atoms with Gasteiger partial charge in [-0.2, -0.15) is 0 Å². The molecule has 0 bridgehead atoms. The number of esters is 1. The molecule has 6 heteroatoms. The van der Waals surface area contributed by atoms with Crippen LogP contribution in [0.15, 0.2) is 42.1 Å². The molecule has 2 rings (SSSR count). The predicted octanol–water partition coefficient (Wildman–Crippen LogP) is 3.42. The first-order chi connectivity index (χ1) is 11.0. The molecular weight excluding hydrogens is 298 g/mol. The van der Waals surface area contributed by atoms with Crippen molar-refractivity contribution >= 4 is 22.8 Å². The highest BCUT2D eigenvalue weighted by molar-refractivity contribution is 5.93. The monoisotopic (exact) mass is 315 g/mol. The molecule has 0 heterocycles. The number of allylic oxidation sites excluding steroid dienone is 1. The van der Waals surface area contributed by atoms with Crippen molar-refractivity contribution in [3.8, 4) is 5.75 Å². The van der Waals surface area contributed by atoms with Crippen LogP contribution < -0.4 is 4.74 Å². The number of hydrogen-bond donors (Lipinski definition) is 0. The van der Waals surface area contributed by atoms with Crippen LogP contribution in [0.25, 0.3) is 16.8 Å². The Morgan fingerprint density at radius 3 is 2.70 bits per heavy atom. The molecule has 0 unspecified atom stereocenters. The van der Waals surface area contributed by atoms with E-state index in [1.165, 1.54) is 13.0 Å². The Balaban J connectivity index is 2.45. The molecule has 0 fully saturated rings. The highest BCUT2D eigenvalue weighted by Crippen LogP contribution is 2.30. The van der Waals surface area contributed by atoms with Gasteiger partial charge in [-0.15, -0.1) is 0 Å². The van der Waals surface area contributed by atoms with E-state index in [4.69, 9.17) is 9.47 Å². The summed E-state index contributed by atoms with van der Waals surface area (Å²) in [4.78, 5) is 21.9. The molecule has 0 radical (unpaired) electrons. The maximum atomic E-state index is 11.5. The van der Waals surface area contributed by atoms with Crippen molar-refractivity contribution in [2.24, 2.45) is 0 Å². The molecular formula is C17H17NO5. The summed E-state index contributed by atoms with van der Waals surface area (Å²) in [6.45, 7) is 3.15. The fourth-order valence-corrected chi connectivity index (χ4v) is 2.15. The average Bonchev–Trinajstić information content (AvgIpc) is 2.54. The van der Waals surface area contributed by atoms with Crippen molar-refractivity contribution in [2.75, 3.05) is 13.2 Å². The zero-order valence-electron chi connectivity index (χ0n) is 12.9. The van der Waals surface area contributed by atoms with Crippen LogP contribution in [0, 0.1) is 10.1 Å². The first kappa shape index (κ1) is 16.5. The summed E-state index contributed by atoms with van der Waals surface area (Å²) in [7, 11) is 0. The van der Waals surface area contributed by atoms with Gasteiger partial charge in [-0.1, -0.05) is 30.3 Å². The number of fused-ring (bicyclic) bond motifs is 1. The summed E-state index contributed by atoms with van der Waals surface area (Å²) < 4.78 is 10.3. The van der Waals surface area contributed by atoms with E-state index >= 15 is 0 Å². The second kappa shape index (κ2) is 7.40. The number of ether oxygens (including phenoxy) is 2. The Labute approximate surface area is 133 Å². The molecule has 0 saturated heterocycles. The highest BCUT2D eigenvalue weighted by Gasteiger charge is 2.12. The van der Waals surface area contributed by atoms with Crippen molar-refractivity contribution < 1.29 is 19.2 Å². The van der Waals surface area contributed by atoms with Crippen LogP contribution in [0.4, 0.5) is 0 Å². The van der Waals surface area contributed by atoms with E-state index in [9.17, 15) is 14.9 Å². The van der Waals surface area contributed by atoms with E-state index in [1.54, 1.807) is 13.0 Å². The van der Waals surface area contributed by atoms with E-state index in [2.05, 4.69) is 0 Å². The Kier molecular flexibility index (Phi) is 5.30. The van der Waals surface area contributed by atoms with E-state index in [1.807, 2.05) is 30.3 Å². The molecule has 23 heavy (non-hydrogen) atoms. The van der Waals surface area contributed by atoms with Gasteiger partial charge in [-0.3, -0.25) is 10.1 Å². The van der Waals surface area contributed by atoms with Gasteiger partial charge in [0.1, 0.15) is 5.75 Å². The third-order valence-electron chi connectivity index (χ3n) is 3.22. The summed E-state index contributed by atoms with van der Waals surface area (Å²) in [5.41, 5.74) is 0.559. The van der Waals surface area contributed by atoms with Gasteiger partial charge in [0.25, 0.3) is 0 Å². The molecule has 0 aliphatic rings. The standard InChI is InChI=1S/C17H17NO5/c1-3-22-17(19)11-23-16-9-8-13-6-4-5-7-14(13)15(16)10-12(2)18(20)21/h4-10H,3,11H2,1-2H3/b12-10-. The van der Waals surface area contributed by atoms with Crippen LogP contribution in [0.2, 0.25) is 0 Å². The zero-order chi connectivity index (χ0) is 16.8. The molecule has 0 aromatic heterocycles. The number of benzene rings is 2. The summed E-state index contributed by atoms with van der Waals surface area (Å²) in [6, 6.07) is 11.0. The van der Waals surface area contributed by atoms with Crippen LogP contribution in [-0.4, -0.2) is 24.1 Å². The van der Waals surface area contributed by atoms with Crippen molar-refractivity contribution in [3.05, 3.63) is 57.8 Å². The molecule has 0 spiro atoms. The second-order valence-corrected chi connectivity index (χ2v) is 4.84. The first-order valence-electron chi connectivity index (χ1n) is 7.15. The number of hydrogen-bond acceptors (Lipinski definition) is 5. The fourth-order valence-electron chi connectivity index (χ4n) is 2.15. The third kappa shape index (κ3) is 4.06. The quantitative estimate of drug-likeness (QED) is 0.463. The van der Waals surface area contributed by atoms with Crippen molar-refractivity contribution in [1.82, 2.24) is 0 Å². The normalized spacial score (nSPS) is 11.3. The Bertz CT molecular complexity index is 767. The maximum Gasteiger partial charge on any atom is 0.344 e. The summed E-state index contributed by atoms with van der Waals surface area (Å²) in [5.74, 6) is -0.0838. The molecule has 2 aromatic carbocycles. The van der Waals surface area contributed by atoms with Crippen LogP contribution in [-0.2, 0) is 9.53 Å². The molecule has 0 saturated carbocycles. The lowest BCUT2D eigenvalue weighted by atomic mass is 10.0. The van der Waals surface area contributed by atoms with Crippen molar-refractivity contribution in [2.45, 2.75) is 13.8 Å². The first-order valence-corrected chi connectivity index (χ1v) is 7.15. The van der Waals surface area contributed by atoms with Gasteiger partial charge >= 0.3 is 5.97 Å². The lowest BCUT2D eigenvalue weighted by Crippen LogP contribution is -2.15. The van der Waals surface area contributed by atoms with Gasteiger partial charge in [-0.25, -0.2) is 4.79 Å². The van der Waals surface area contributed by atoms with E-state index in [0.29, 0.717) is 11.3 Å². The van der Waals surface area contributed by atoms with Crippen LogP contribution in [0.5, 0.6) is 5.75 Å². The number of carbonyl (C=O) groups excluding carboxylic acids is 1. The lowest BCUT2D eigenvalue weighted by Gasteiger charge is -2.11. The maximum absolute atomic E-state index is 11.5. The highest BCUT2D eigenvalue weighted by atomic mass is 16.6. The van der Waals surface area contributed by atoms with Gasteiger partial charge in [-0.05, 0) is 23.8 Å². The fraction of sp³-hybridized carbons (Fsp3) is 0.235. The van der Waals surface area contributed by atoms with Gasteiger partial charge < -0.3 is 9.47 Å². The topological polar surface area (TPSA) is 78.7 Å². The molecule has 6 nitrogen and oxygen atoms in total. The Morgan fingerprint density at radius 1 is 1.26 bits per heavy atom. The third-order valence-corrected chi connectivity index (χ3v) is 3.22. The van der Waals surface area contributed by atoms with Crippen LogP contribution >= 0.6 is 0 Å². The van der Waals surface area contributed by atoms with E-state index in [0.717, 1.165) is 10.8 Å². The molecule has 0 atom stereocenters. The lowest BCUT2D eigenvalue weighted by molar-refractivity contribution is -0.422. The van der Waals surface area contributed by atoms with E-state index < -0.39 is 10.9 Å². The molecule has 120 valence electrons. The predicted molar refractivity (Wildman–Crippen MR) is 86.7 cm³/mol. The molecule has 0 aliphatic carbocycles. The number of nitrogens with zero attached hydrogens (tertiary/aromatic N) is 1. The second-order valence-electron chi connectivity index (χ2n) is 4.84. The smallest absolute Gasteiger partial charge is 0.344 e. The van der Waals surface area contributed by atoms with Crippen molar-refractivity contribution in [3.63, 3.8) is 0 Å². The van der Waals surface area contributed by atoms with Gasteiger partial charge in [0.05, 0.1) is 11.5 Å². The summed E-state index contributed by atoms with van der Waals surface area (Å²) in [6.07, 6.45) is 1.45. The SMILES string of the molecule is CCOC(=O)COc1ccc2ccccc2c1/C=C(/C)[N+](=O)[O-]. The minimum atomic E-state index is -0.485. The number of rotatable bonds is 6. The minimum absolute atomic E-state index is 0.0117. The molecule has 0 aliphatic heterocycles. The van der Waals surface area contributed by atoms with Crippen LogP contribution in [0.3, 0.4) is 0 Å². The summed E-state index contributed by atoms with van der Waals surface area (Å²) >= 11 is 0. The van der Waals surface area contributed by atoms with Crippen LogP contribution in [0.1, 0.15) is 19.4 Å². The molecule has 0 N–H and O–H groups in total. The molecule has 2 aromatic rings. The minimum Gasteiger partial charge on any atom is -0.481 e. The van der Waals surface area contributed by atoms with Gasteiger partial charge in [0.2, 0.25) is 5.70 Å². The average molecular weight is 315 g/mol. The zero-order valence-corrected chi connectivity index (χ0v) is 12.9.